The third-order valence-corrected chi connectivity index (χ3v) is 13.9. The Kier molecular flexibility index (Phi) is 52.9. The van der Waals surface area contributed by atoms with E-state index >= 15 is 0 Å². The molecule has 0 saturated carbocycles. The second kappa shape index (κ2) is 53.7. The van der Waals surface area contributed by atoms with Gasteiger partial charge in [-0.15, -0.1) is 0 Å². The van der Waals surface area contributed by atoms with E-state index in [4.69, 9.17) is 0 Å². The Balaban J connectivity index is 3.45. The molecular weight excluding hydrogens is 775 g/mol. The minimum absolute atomic E-state index is 0.359. The van der Waals surface area contributed by atoms with Gasteiger partial charge in [-0.2, -0.15) is 0 Å². The lowest BCUT2D eigenvalue weighted by atomic mass is 10.0. The zero-order chi connectivity index (χ0) is 45.8. The molecule has 1 amide bonds. The molecule has 0 saturated heterocycles. The van der Waals surface area contributed by atoms with Crippen molar-refractivity contribution in [3.8, 4) is 0 Å². The van der Waals surface area contributed by atoms with E-state index in [1.165, 1.54) is 276 Å². The summed E-state index contributed by atoms with van der Waals surface area (Å²) in [6, 6.07) is -0.793. The molecule has 0 rings (SSSR count). The van der Waals surface area contributed by atoms with Gasteiger partial charge in [0.2, 0.25) is 5.91 Å². The predicted molar refractivity (Wildman–Crippen MR) is 278 cm³/mol. The van der Waals surface area contributed by atoms with Gasteiger partial charge in [-0.05, 0) is 19.3 Å². The van der Waals surface area contributed by atoms with E-state index in [0.717, 1.165) is 32.1 Å². The number of rotatable bonds is 54. The molecule has 0 bridgehead atoms. The van der Waals surface area contributed by atoms with Gasteiger partial charge in [-0.3, -0.25) is 4.79 Å². The van der Waals surface area contributed by atoms with E-state index in [1.54, 1.807) is 6.08 Å². The first-order valence-corrected chi connectivity index (χ1v) is 29.0. The molecule has 0 aliphatic rings. The summed E-state index contributed by atoms with van der Waals surface area (Å²) in [5.41, 5.74) is 0. The summed E-state index contributed by atoms with van der Waals surface area (Å²) in [5.74, 6) is -0.496. The Bertz CT molecular complexity index is 894. The summed E-state index contributed by atoms with van der Waals surface area (Å²) in [6.45, 7) is 4.22. The van der Waals surface area contributed by atoms with Crippen LogP contribution in [-0.4, -0.2) is 46.1 Å². The number of hydrogen-bond donors (Lipinski definition) is 4. The van der Waals surface area contributed by atoms with Crippen molar-refractivity contribution in [2.45, 2.75) is 347 Å². The number of amides is 1. The third kappa shape index (κ3) is 48.8. The lowest BCUT2D eigenvalue weighted by Gasteiger charge is -2.21. The number of hydrogen-bond acceptors (Lipinski definition) is 4. The molecule has 5 nitrogen and oxygen atoms in total. The van der Waals surface area contributed by atoms with Crippen LogP contribution in [0.3, 0.4) is 0 Å². The Morgan fingerprint density at radius 2 is 0.619 bits per heavy atom. The molecule has 0 heterocycles. The molecule has 0 spiro atoms. The van der Waals surface area contributed by atoms with Gasteiger partial charge in [-0.25, -0.2) is 0 Å². The SMILES string of the molecule is CCCCCCCCCCCCCCC/C=C/C(O)C(CO)NC(=O)C(O)CCCCCCCCCCCCCCCCCCCCCCCCCCCCCCCCCCCC. The molecule has 4 N–H and O–H groups in total. The molecule has 0 fully saturated rings. The first-order valence-electron chi connectivity index (χ1n) is 29.0. The summed E-state index contributed by atoms with van der Waals surface area (Å²) in [4.78, 5) is 12.5. The van der Waals surface area contributed by atoms with Crippen LogP contribution in [0.5, 0.6) is 0 Å². The molecule has 63 heavy (non-hydrogen) atoms. The smallest absolute Gasteiger partial charge is 0.249 e. The maximum atomic E-state index is 12.5. The van der Waals surface area contributed by atoms with E-state index in [9.17, 15) is 20.1 Å². The monoisotopic (exact) mass is 890 g/mol. The van der Waals surface area contributed by atoms with E-state index in [0.29, 0.717) is 6.42 Å². The van der Waals surface area contributed by atoms with Crippen LogP contribution in [0, 0.1) is 0 Å². The summed E-state index contributed by atoms with van der Waals surface area (Å²) < 4.78 is 0. The van der Waals surface area contributed by atoms with Gasteiger partial charge < -0.3 is 20.6 Å². The van der Waals surface area contributed by atoms with Gasteiger partial charge in [0.15, 0.2) is 0 Å². The molecule has 0 aliphatic heterocycles. The van der Waals surface area contributed by atoms with Gasteiger partial charge >= 0.3 is 0 Å². The second-order valence-electron chi connectivity index (χ2n) is 20.2. The molecule has 3 atom stereocenters. The van der Waals surface area contributed by atoms with Crippen molar-refractivity contribution in [2.24, 2.45) is 0 Å². The average Bonchev–Trinajstić information content (AvgIpc) is 3.29. The van der Waals surface area contributed by atoms with Crippen LogP contribution >= 0.6 is 0 Å². The van der Waals surface area contributed by atoms with Crippen molar-refractivity contribution in [2.75, 3.05) is 6.61 Å². The summed E-state index contributed by atoms with van der Waals surface area (Å²) in [5, 5.41) is 33.3. The number of nitrogens with one attached hydrogen (secondary N) is 1. The molecule has 0 aromatic carbocycles. The highest BCUT2D eigenvalue weighted by molar-refractivity contribution is 5.80. The van der Waals surface area contributed by atoms with Crippen LogP contribution in [0.15, 0.2) is 12.2 Å². The van der Waals surface area contributed by atoms with Crippen LogP contribution in [0.2, 0.25) is 0 Å². The Morgan fingerprint density at radius 3 is 0.873 bits per heavy atom. The molecule has 376 valence electrons. The number of aliphatic hydroxyl groups is 3. The number of carbonyl (C=O) groups is 1. The zero-order valence-electron chi connectivity index (χ0n) is 43.0. The maximum absolute atomic E-state index is 12.5. The van der Waals surface area contributed by atoms with Crippen LogP contribution < -0.4 is 5.32 Å². The van der Waals surface area contributed by atoms with Gasteiger partial charge in [-0.1, -0.05) is 321 Å². The maximum Gasteiger partial charge on any atom is 0.249 e. The summed E-state index contributed by atoms with van der Waals surface area (Å²) in [7, 11) is 0. The third-order valence-electron chi connectivity index (χ3n) is 13.9. The molecule has 0 aromatic rings. The van der Waals surface area contributed by atoms with Crippen molar-refractivity contribution in [1.29, 1.82) is 0 Å². The second-order valence-corrected chi connectivity index (χ2v) is 20.2. The van der Waals surface area contributed by atoms with Gasteiger partial charge in [0.1, 0.15) is 6.10 Å². The lowest BCUT2D eigenvalue weighted by molar-refractivity contribution is -0.131. The molecule has 0 aliphatic carbocycles. The number of aliphatic hydroxyl groups excluding tert-OH is 3. The first-order chi connectivity index (χ1) is 31.1. The quantitative estimate of drug-likeness (QED) is 0.0362. The highest BCUT2D eigenvalue weighted by Crippen LogP contribution is 2.18. The van der Waals surface area contributed by atoms with E-state index in [1.807, 2.05) is 6.08 Å². The largest absolute Gasteiger partial charge is 0.394 e. The van der Waals surface area contributed by atoms with Gasteiger partial charge in [0.25, 0.3) is 0 Å². The molecular formula is C58H115NO4. The lowest BCUT2D eigenvalue weighted by Crippen LogP contribution is -2.48. The van der Waals surface area contributed by atoms with Crippen LogP contribution in [0.1, 0.15) is 328 Å². The summed E-state index contributed by atoms with van der Waals surface area (Å²) >= 11 is 0. The summed E-state index contributed by atoms with van der Waals surface area (Å²) in [6.07, 6.45) is 67.4. The van der Waals surface area contributed by atoms with E-state index in [2.05, 4.69) is 19.2 Å². The normalized spacial score (nSPS) is 13.3. The minimum atomic E-state index is -1.09. The molecule has 5 heteroatoms. The van der Waals surface area contributed by atoms with E-state index < -0.39 is 24.2 Å². The number of unbranched alkanes of at least 4 members (excludes halogenated alkanes) is 46. The van der Waals surface area contributed by atoms with Crippen molar-refractivity contribution in [1.82, 2.24) is 5.32 Å². The van der Waals surface area contributed by atoms with Crippen LogP contribution in [0.4, 0.5) is 0 Å². The van der Waals surface area contributed by atoms with Crippen molar-refractivity contribution in [3.05, 3.63) is 12.2 Å². The van der Waals surface area contributed by atoms with E-state index in [-0.39, 0.29) is 6.61 Å². The Morgan fingerprint density at radius 1 is 0.381 bits per heavy atom. The minimum Gasteiger partial charge on any atom is -0.394 e. The Hall–Kier alpha value is -0.910. The van der Waals surface area contributed by atoms with Crippen molar-refractivity contribution < 1.29 is 20.1 Å². The average molecular weight is 891 g/mol. The fourth-order valence-electron chi connectivity index (χ4n) is 9.37. The molecule has 0 radical (unpaired) electrons. The fraction of sp³-hybridized carbons (Fsp3) is 0.948. The van der Waals surface area contributed by atoms with Crippen LogP contribution in [0.25, 0.3) is 0 Å². The highest BCUT2D eigenvalue weighted by Gasteiger charge is 2.22. The first kappa shape index (κ1) is 62.1. The molecule has 0 aromatic heterocycles. The van der Waals surface area contributed by atoms with Gasteiger partial charge in [0.05, 0.1) is 18.8 Å². The topological polar surface area (TPSA) is 89.8 Å². The predicted octanol–water partition coefficient (Wildman–Crippen LogP) is 17.9. The Labute approximate surface area is 395 Å². The standard InChI is InChI=1S/C58H115NO4/c1-3-5-7-9-11-13-15-17-19-20-21-22-23-24-25-26-27-28-29-30-31-32-33-34-35-36-37-39-41-43-45-47-49-51-53-57(62)58(63)59-55(54-60)56(61)52-50-48-46-44-42-40-38-18-16-14-12-10-8-6-4-2/h50,52,55-57,60-62H,3-49,51,53-54H2,1-2H3,(H,59,63)/b52-50+. The number of allylic oxidation sites excluding steroid dienone is 1. The van der Waals surface area contributed by atoms with Gasteiger partial charge in [0, 0.05) is 0 Å². The zero-order valence-corrected chi connectivity index (χ0v) is 43.0. The van der Waals surface area contributed by atoms with Crippen molar-refractivity contribution >= 4 is 5.91 Å². The molecule has 3 unspecified atom stereocenters. The number of carbonyl (C=O) groups excluding carboxylic acids is 1. The highest BCUT2D eigenvalue weighted by atomic mass is 16.3. The fourth-order valence-corrected chi connectivity index (χ4v) is 9.37. The van der Waals surface area contributed by atoms with Crippen molar-refractivity contribution in [3.63, 3.8) is 0 Å². The van der Waals surface area contributed by atoms with Crippen LogP contribution in [-0.2, 0) is 4.79 Å².